The molecule has 3 rings (SSSR count). The van der Waals surface area contributed by atoms with Gasteiger partial charge < -0.3 is 10.7 Å². The second-order valence-electron chi connectivity index (χ2n) is 4.45. The Bertz CT molecular complexity index is 528. The molecule has 0 saturated heterocycles. The maximum atomic E-state index is 6.43. The third kappa shape index (κ3) is 1.33. The van der Waals surface area contributed by atoms with Gasteiger partial charge in [0.15, 0.2) is 0 Å². The molecule has 5 heteroatoms. The van der Waals surface area contributed by atoms with Gasteiger partial charge in [-0.2, -0.15) is 0 Å². The minimum atomic E-state index is -0.257. The molecular weight excluding hydrogens is 224 g/mol. The Balaban J connectivity index is 2.24. The Hall–Kier alpha value is -1.13. The van der Waals surface area contributed by atoms with Crippen LogP contribution in [0.2, 0.25) is 5.15 Å². The molecule has 1 aliphatic carbocycles. The van der Waals surface area contributed by atoms with Crippen LogP contribution in [0.1, 0.15) is 31.2 Å². The molecule has 16 heavy (non-hydrogen) atoms. The molecular formula is C11H13ClN4. The first kappa shape index (κ1) is 10.1. The normalized spacial score (nSPS) is 19.4. The summed E-state index contributed by atoms with van der Waals surface area (Å²) < 4.78 is 0. The van der Waals surface area contributed by atoms with Crippen molar-refractivity contribution in [3.8, 4) is 0 Å². The lowest BCUT2D eigenvalue weighted by atomic mass is 9.90. The van der Waals surface area contributed by atoms with Crippen molar-refractivity contribution in [1.82, 2.24) is 15.0 Å². The second kappa shape index (κ2) is 3.43. The van der Waals surface area contributed by atoms with Gasteiger partial charge in [-0.3, -0.25) is 0 Å². The van der Waals surface area contributed by atoms with Crippen LogP contribution < -0.4 is 5.73 Å². The first-order chi connectivity index (χ1) is 7.71. The van der Waals surface area contributed by atoms with Gasteiger partial charge in [0.1, 0.15) is 17.1 Å². The van der Waals surface area contributed by atoms with Gasteiger partial charge in [-0.25, -0.2) is 9.97 Å². The fourth-order valence-corrected chi connectivity index (χ4v) is 2.83. The topological polar surface area (TPSA) is 67.6 Å². The Kier molecular flexibility index (Phi) is 2.16. The van der Waals surface area contributed by atoms with Crippen molar-refractivity contribution in [2.75, 3.05) is 0 Å². The van der Waals surface area contributed by atoms with Crippen molar-refractivity contribution in [2.45, 2.75) is 31.2 Å². The second-order valence-corrected chi connectivity index (χ2v) is 4.81. The molecule has 1 fully saturated rings. The van der Waals surface area contributed by atoms with Crippen LogP contribution in [0, 0.1) is 0 Å². The largest absolute Gasteiger partial charge is 0.346 e. The van der Waals surface area contributed by atoms with E-state index in [0.717, 1.165) is 29.4 Å². The molecule has 0 aliphatic heterocycles. The summed E-state index contributed by atoms with van der Waals surface area (Å²) in [5, 5.41) is 1.37. The van der Waals surface area contributed by atoms with Gasteiger partial charge in [0.05, 0.1) is 5.39 Å². The smallest absolute Gasteiger partial charge is 0.142 e. The number of nitrogens with zero attached hydrogens (tertiary/aromatic N) is 2. The number of H-pyrrole nitrogens is 1. The molecule has 4 nitrogen and oxygen atoms in total. The van der Waals surface area contributed by atoms with Gasteiger partial charge in [-0.05, 0) is 12.8 Å². The Morgan fingerprint density at radius 1 is 1.31 bits per heavy atom. The molecule has 2 heterocycles. The van der Waals surface area contributed by atoms with Gasteiger partial charge in [-0.1, -0.05) is 24.4 Å². The zero-order chi connectivity index (χ0) is 11.2. The Morgan fingerprint density at radius 3 is 2.81 bits per heavy atom. The summed E-state index contributed by atoms with van der Waals surface area (Å²) in [6.45, 7) is 0. The highest BCUT2D eigenvalue weighted by molar-refractivity contribution is 6.34. The van der Waals surface area contributed by atoms with E-state index in [2.05, 4.69) is 15.0 Å². The predicted octanol–water partition coefficient (Wildman–Crippen LogP) is 2.34. The van der Waals surface area contributed by atoms with Crippen LogP contribution >= 0.6 is 11.6 Å². The molecule has 0 bridgehead atoms. The molecule has 0 radical (unpaired) electrons. The zero-order valence-corrected chi connectivity index (χ0v) is 9.59. The minimum absolute atomic E-state index is 0.257. The summed E-state index contributed by atoms with van der Waals surface area (Å²) in [6, 6.07) is 0. The molecule has 1 aliphatic rings. The van der Waals surface area contributed by atoms with E-state index in [9.17, 15) is 0 Å². The standard InChI is InChI=1S/C11H13ClN4/c12-9-8-7(11(13)3-1-2-4-11)5-14-10(8)16-6-15-9/h5-6H,1-4,13H2,(H,14,15,16). The lowest BCUT2D eigenvalue weighted by Gasteiger charge is -2.22. The van der Waals surface area contributed by atoms with Gasteiger partial charge in [0.25, 0.3) is 0 Å². The summed E-state index contributed by atoms with van der Waals surface area (Å²) in [5.74, 6) is 0. The lowest BCUT2D eigenvalue weighted by Crippen LogP contribution is -2.32. The first-order valence-electron chi connectivity index (χ1n) is 5.48. The van der Waals surface area contributed by atoms with Crippen LogP contribution in [0.25, 0.3) is 11.0 Å². The van der Waals surface area contributed by atoms with E-state index < -0.39 is 0 Å². The van der Waals surface area contributed by atoms with Crippen LogP contribution in [0.3, 0.4) is 0 Å². The average Bonchev–Trinajstić information content (AvgIpc) is 2.85. The monoisotopic (exact) mass is 236 g/mol. The van der Waals surface area contributed by atoms with Gasteiger partial charge in [-0.15, -0.1) is 0 Å². The van der Waals surface area contributed by atoms with E-state index >= 15 is 0 Å². The number of nitrogens with one attached hydrogen (secondary N) is 1. The summed E-state index contributed by atoms with van der Waals surface area (Å²) >= 11 is 6.12. The summed E-state index contributed by atoms with van der Waals surface area (Å²) in [7, 11) is 0. The van der Waals surface area contributed by atoms with Crippen LogP contribution in [0.4, 0.5) is 0 Å². The number of aromatic amines is 1. The fourth-order valence-electron chi connectivity index (χ4n) is 2.59. The lowest BCUT2D eigenvalue weighted by molar-refractivity contribution is 0.465. The number of hydrogen-bond acceptors (Lipinski definition) is 3. The van der Waals surface area contributed by atoms with Crippen LogP contribution in [-0.2, 0) is 5.54 Å². The SMILES string of the molecule is NC1(c2c[nH]c3ncnc(Cl)c23)CCCC1. The number of halogens is 1. The number of fused-ring (bicyclic) bond motifs is 1. The molecule has 2 aromatic rings. The van der Waals surface area contributed by atoms with Gasteiger partial charge >= 0.3 is 0 Å². The predicted molar refractivity (Wildman–Crippen MR) is 63.2 cm³/mol. The number of rotatable bonds is 1. The Labute approximate surface area is 98.2 Å². The highest BCUT2D eigenvalue weighted by Crippen LogP contribution is 2.40. The van der Waals surface area contributed by atoms with Crippen LogP contribution in [-0.4, -0.2) is 15.0 Å². The molecule has 2 aromatic heterocycles. The summed E-state index contributed by atoms with van der Waals surface area (Å²) in [6.07, 6.45) is 7.75. The molecule has 0 amide bonds. The third-order valence-electron chi connectivity index (χ3n) is 3.46. The molecule has 0 aromatic carbocycles. The molecule has 0 unspecified atom stereocenters. The average molecular weight is 237 g/mol. The number of aromatic nitrogens is 3. The van der Waals surface area contributed by atoms with E-state index in [-0.39, 0.29) is 5.54 Å². The highest BCUT2D eigenvalue weighted by Gasteiger charge is 2.34. The van der Waals surface area contributed by atoms with Crippen molar-refractivity contribution >= 4 is 22.6 Å². The third-order valence-corrected chi connectivity index (χ3v) is 3.74. The maximum absolute atomic E-state index is 6.43. The summed E-state index contributed by atoms with van der Waals surface area (Å²) in [5.41, 5.74) is 8.00. The number of hydrogen-bond donors (Lipinski definition) is 2. The Morgan fingerprint density at radius 2 is 2.06 bits per heavy atom. The number of nitrogens with two attached hydrogens (primary N) is 1. The van der Waals surface area contributed by atoms with Crippen molar-refractivity contribution in [3.05, 3.63) is 23.2 Å². The van der Waals surface area contributed by atoms with Gasteiger partial charge in [0.2, 0.25) is 0 Å². The van der Waals surface area contributed by atoms with Crippen molar-refractivity contribution in [3.63, 3.8) is 0 Å². The van der Waals surface area contributed by atoms with E-state index in [1.54, 1.807) is 0 Å². The van der Waals surface area contributed by atoms with E-state index in [1.165, 1.54) is 19.2 Å². The highest BCUT2D eigenvalue weighted by atomic mass is 35.5. The molecule has 1 saturated carbocycles. The van der Waals surface area contributed by atoms with Crippen molar-refractivity contribution in [1.29, 1.82) is 0 Å². The first-order valence-corrected chi connectivity index (χ1v) is 5.85. The van der Waals surface area contributed by atoms with Crippen LogP contribution in [0.5, 0.6) is 0 Å². The maximum Gasteiger partial charge on any atom is 0.142 e. The molecule has 0 atom stereocenters. The molecule has 0 spiro atoms. The molecule has 3 N–H and O–H groups in total. The van der Waals surface area contributed by atoms with E-state index in [1.807, 2.05) is 6.20 Å². The fraction of sp³-hybridized carbons (Fsp3) is 0.455. The van der Waals surface area contributed by atoms with Gasteiger partial charge in [0, 0.05) is 17.3 Å². The minimum Gasteiger partial charge on any atom is -0.346 e. The zero-order valence-electron chi connectivity index (χ0n) is 8.83. The van der Waals surface area contributed by atoms with E-state index in [4.69, 9.17) is 17.3 Å². The van der Waals surface area contributed by atoms with Crippen molar-refractivity contribution in [2.24, 2.45) is 5.73 Å². The van der Waals surface area contributed by atoms with E-state index in [0.29, 0.717) is 5.15 Å². The quantitative estimate of drug-likeness (QED) is 0.747. The summed E-state index contributed by atoms with van der Waals surface area (Å²) in [4.78, 5) is 11.3. The van der Waals surface area contributed by atoms with Crippen LogP contribution in [0.15, 0.2) is 12.5 Å². The molecule has 84 valence electrons. The van der Waals surface area contributed by atoms with Crippen molar-refractivity contribution < 1.29 is 0 Å².